The van der Waals surface area contributed by atoms with E-state index in [4.69, 9.17) is 23.0 Å². The highest BCUT2D eigenvalue weighted by molar-refractivity contribution is 5.87. The third-order valence-electron chi connectivity index (χ3n) is 3.51. The molecule has 0 saturated carbocycles. The molecule has 0 aliphatic carbocycles. The maximum atomic E-state index is 11.8. The van der Waals surface area contributed by atoms with Crippen molar-refractivity contribution in [1.29, 1.82) is 0 Å². The lowest BCUT2D eigenvalue weighted by Crippen LogP contribution is -2.15. The lowest BCUT2D eigenvalue weighted by molar-refractivity contribution is -0.139. The van der Waals surface area contributed by atoms with Crippen molar-refractivity contribution >= 4 is 12.0 Å². The van der Waals surface area contributed by atoms with E-state index in [1.54, 1.807) is 30.3 Å². The van der Waals surface area contributed by atoms with Crippen LogP contribution in [0.2, 0.25) is 0 Å². The van der Waals surface area contributed by atoms with Gasteiger partial charge in [-0.05, 0) is 35.9 Å². The fraction of sp³-hybridized carbons (Fsp3) is 0.167. The predicted octanol–water partition coefficient (Wildman–Crippen LogP) is 2.86. The number of rotatable bonds is 5. The largest absolute Gasteiger partial charge is 0.486 e. The number of fused-ring (bicyclic) bond motifs is 1. The zero-order chi connectivity index (χ0) is 17.8. The molecule has 3 aromatic rings. The van der Waals surface area contributed by atoms with E-state index in [2.05, 4.69) is 10.2 Å². The van der Waals surface area contributed by atoms with Gasteiger partial charge in [-0.15, -0.1) is 10.2 Å². The Labute approximate surface area is 148 Å². The van der Waals surface area contributed by atoms with E-state index in [-0.39, 0.29) is 18.4 Å². The van der Waals surface area contributed by atoms with Gasteiger partial charge in [-0.25, -0.2) is 4.79 Å². The highest BCUT2D eigenvalue weighted by atomic mass is 16.6. The maximum absolute atomic E-state index is 11.8. The van der Waals surface area contributed by atoms with Crippen LogP contribution in [-0.4, -0.2) is 29.4 Å². The Morgan fingerprint density at radius 2 is 2.04 bits per heavy atom. The summed E-state index contributed by atoms with van der Waals surface area (Å²) in [5.74, 6) is 1.68. The van der Waals surface area contributed by atoms with Crippen molar-refractivity contribution in [2.24, 2.45) is 0 Å². The Bertz CT molecular complexity index is 929. The molecule has 1 aliphatic rings. The fourth-order valence-corrected chi connectivity index (χ4v) is 2.32. The SMILES string of the molecule is O=C(/C=C/c1ccc2c(c1)OCCO2)OCc1nnc(-c2ccco2)o1. The zero-order valence-corrected chi connectivity index (χ0v) is 13.6. The number of ether oxygens (including phenoxy) is 3. The van der Waals surface area contributed by atoms with Crippen molar-refractivity contribution in [2.75, 3.05) is 13.2 Å². The van der Waals surface area contributed by atoms with E-state index in [1.807, 2.05) is 6.07 Å². The topological polar surface area (TPSA) is 96.8 Å². The van der Waals surface area contributed by atoms with Crippen LogP contribution in [0.5, 0.6) is 11.5 Å². The van der Waals surface area contributed by atoms with Crippen molar-refractivity contribution in [1.82, 2.24) is 10.2 Å². The van der Waals surface area contributed by atoms with Crippen LogP contribution in [0.4, 0.5) is 0 Å². The fourth-order valence-electron chi connectivity index (χ4n) is 2.32. The van der Waals surface area contributed by atoms with E-state index in [0.29, 0.717) is 30.5 Å². The molecule has 132 valence electrons. The Balaban J connectivity index is 1.33. The van der Waals surface area contributed by atoms with Crippen LogP contribution in [-0.2, 0) is 16.1 Å². The molecule has 3 heterocycles. The van der Waals surface area contributed by atoms with E-state index >= 15 is 0 Å². The van der Waals surface area contributed by atoms with Crippen molar-refractivity contribution in [3.05, 3.63) is 54.1 Å². The molecule has 0 N–H and O–H groups in total. The van der Waals surface area contributed by atoms with Crippen LogP contribution in [0.3, 0.4) is 0 Å². The minimum absolute atomic E-state index is 0.127. The monoisotopic (exact) mass is 354 g/mol. The summed E-state index contributed by atoms with van der Waals surface area (Å²) in [6.07, 6.45) is 4.44. The Hall–Kier alpha value is -3.55. The summed E-state index contributed by atoms with van der Waals surface area (Å²) in [7, 11) is 0. The zero-order valence-electron chi connectivity index (χ0n) is 13.6. The van der Waals surface area contributed by atoms with Crippen LogP contribution in [0.1, 0.15) is 11.5 Å². The van der Waals surface area contributed by atoms with Gasteiger partial charge >= 0.3 is 5.97 Å². The molecule has 0 bridgehead atoms. The molecule has 0 radical (unpaired) electrons. The molecule has 8 nitrogen and oxygen atoms in total. The molecule has 8 heteroatoms. The predicted molar refractivity (Wildman–Crippen MR) is 88.3 cm³/mol. The maximum Gasteiger partial charge on any atom is 0.331 e. The molecule has 0 unspecified atom stereocenters. The van der Waals surface area contributed by atoms with Crippen LogP contribution in [0, 0.1) is 0 Å². The summed E-state index contributed by atoms with van der Waals surface area (Å²) in [5.41, 5.74) is 0.795. The normalized spacial score (nSPS) is 13.1. The van der Waals surface area contributed by atoms with Gasteiger partial charge in [0.05, 0.1) is 6.26 Å². The highest BCUT2D eigenvalue weighted by Gasteiger charge is 2.13. The van der Waals surface area contributed by atoms with Gasteiger partial charge in [0.15, 0.2) is 23.9 Å². The Morgan fingerprint density at radius 3 is 2.88 bits per heavy atom. The summed E-state index contributed by atoms with van der Waals surface area (Å²) in [4.78, 5) is 11.8. The molecule has 0 spiro atoms. The first-order chi connectivity index (χ1) is 12.8. The molecule has 1 aromatic carbocycles. The molecule has 0 fully saturated rings. The minimum atomic E-state index is -0.530. The van der Waals surface area contributed by atoms with Crippen LogP contribution in [0.15, 0.2) is 51.5 Å². The molecular weight excluding hydrogens is 340 g/mol. The molecule has 26 heavy (non-hydrogen) atoms. The molecule has 2 aromatic heterocycles. The second-order valence-corrected chi connectivity index (χ2v) is 5.32. The average molecular weight is 354 g/mol. The van der Waals surface area contributed by atoms with Crippen LogP contribution >= 0.6 is 0 Å². The number of carbonyl (C=O) groups is 1. The first-order valence-corrected chi connectivity index (χ1v) is 7.89. The second-order valence-electron chi connectivity index (χ2n) is 5.32. The smallest absolute Gasteiger partial charge is 0.331 e. The highest BCUT2D eigenvalue weighted by Crippen LogP contribution is 2.31. The van der Waals surface area contributed by atoms with Gasteiger partial charge in [0.1, 0.15) is 13.2 Å². The minimum Gasteiger partial charge on any atom is -0.486 e. The van der Waals surface area contributed by atoms with Gasteiger partial charge in [0.25, 0.3) is 11.8 Å². The molecule has 1 aliphatic heterocycles. The number of carbonyl (C=O) groups excluding carboxylic acids is 1. The first kappa shape index (κ1) is 15.9. The van der Waals surface area contributed by atoms with Gasteiger partial charge < -0.3 is 23.0 Å². The lowest BCUT2D eigenvalue weighted by Gasteiger charge is -2.18. The van der Waals surface area contributed by atoms with Gasteiger partial charge in [-0.2, -0.15) is 0 Å². The Morgan fingerprint density at radius 1 is 1.15 bits per heavy atom. The van der Waals surface area contributed by atoms with Crippen molar-refractivity contribution in [3.8, 4) is 23.1 Å². The van der Waals surface area contributed by atoms with Crippen molar-refractivity contribution < 1.29 is 27.8 Å². The third kappa shape index (κ3) is 3.59. The summed E-state index contributed by atoms with van der Waals surface area (Å²) in [5, 5.41) is 7.63. The average Bonchev–Trinajstić information content (AvgIpc) is 3.36. The van der Waals surface area contributed by atoms with E-state index < -0.39 is 5.97 Å². The van der Waals surface area contributed by atoms with Gasteiger partial charge in [-0.1, -0.05) is 6.07 Å². The lowest BCUT2D eigenvalue weighted by atomic mass is 10.2. The number of aromatic nitrogens is 2. The third-order valence-corrected chi connectivity index (χ3v) is 3.51. The number of furan rings is 1. The standard InChI is InChI=1S/C18H14N2O6/c21-17(6-4-12-3-5-13-15(10-12)24-9-8-23-13)25-11-16-19-20-18(26-16)14-2-1-7-22-14/h1-7,10H,8-9,11H2/b6-4+. The number of benzene rings is 1. The quantitative estimate of drug-likeness (QED) is 0.510. The van der Waals surface area contributed by atoms with Gasteiger partial charge in [-0.3, -0.25) is 0 Å². The van der Waals surface area contributed by atoms with Crippen molar-refractivity contribution in [3.63, 3.8) is 0 Å². The molecule has 0 saturated heterocycles. The Kier molecular flexibility index (Phi) is 4.38. The summed E-state index contributed by atoms with van der Waals surface area (Å²) >= 11 is 0. The number of nitrogens with zero attached hydrogens (tertiary/aromatic N) is 2. The summed E-state index contributed by atoms with van der Waals surface area (Å²) in [6.45, 7) is 0.913. The summed E-state index contributed by atoms with van der Waals surface area (Å²) in [6, 6.07) is 8.83. The van der Waals surface area contributed by atoms with E-state index in [0.717, 1.165) is 5.56 Å². The van der Waals surface area contributed by atoms with Crippen molar-refractivity contribution in [2.45, 2.75) is 6.61 Å². The molecule has 4 rings (SSSR count). The number of hydrogen-bond donors (Lipinski definition) is 0. The van der Waals surface area contributed by atoms with E-state index in [1.165, 1.54) is 12.3 Å². The van der Waals surface area contributed by atoms with Crippen LogP contribution < -0.4 is 9.47 Å². The van der Waals surface area contributed by atoms with E-state index in [9.17, 15) is 4.79 Å². The molecule has 0 atom stereocenters. The molecule has 0 amide bonds. The van der Waals surface area contributed by atoms with Gasteiger partial charge in [0, 0.05) is 6.08 Å². The second kappa shape index (κ2) is 7.14. The van der Waals surface area contributed by atoms with Crippen LogP contribution in [0.25, 0.3) is 17.7 Å². The summed E-state index contributed by atoms with van der Waals surface area (Å²) < 4.78 is 26.5. The molecular formula is C18H14N2O6. The van der Waals surface area contributed by atoms with Gasteiger partial charge in [0.2, 0.25) is 0 Å². The number of hydrogen-bond acceptors (Lipinski definition) is 8. The first-order valence-electron chi connectivity index (χ1n) is 7.89. The number of esters is 1.